The maximum absolute atomic E-state index is 12.4. The molecule has 0 saturated heterocycles. The quantitative estimate of drug-likeness (QED) is 0.732. The lowest BCUT2D eigenvalue weighted by Crippen LogP contribution is -2.34. The lowest BCUT2D eigenvalue weighted by atomic mass is 10.2. The smallest absolute Gasteiger partial charge is 0.265 e. The minimum atomic E-state index is -0.816. The van der Waals surface area contributed by atoms with Crippen molar-refractivity contribution in [1.29, 1.82) is 0 Å². The number of nitrogens with one attached hydrogen (secondary N) is 1. The van der Waals surface area contributed by atoms with Gasteiger partial charge in [-0.05, 0) is 24.3 Å². The molecule has 0 aliphatic rings. The molecule has 24 heavy (non-hydrogen) atoms. The van der Waals surface area contributed by atoms with Crippen LogP contribution in [0.2, 0.25) is 0 Å². The first-order valence-electron chi connectivity index (χ1n) is 7.75. The van der Waals surface area contributed by atoms with E-state index in [2.05, 4.69) is 10.3 Å². The van der Waals surface area contributed by atoms with Crippen molar-refractivity contribution >= 4 is 22.5 Å². The molecule has 5 nitrogen and oxygen atoms in total. The first-order chi connectivity index (χ1) is 11.8. The number of hydrogen-bond acceptors (Lipinski definition) is 4. The Morgan fingerprint density at radius 1 is 1.04 bits per heavy atom. The average Bonchev–Trinajstić information content (AvgIpc) is 2.62. The van der Waals surface area contributed by atoms with Gasteiger partial charge >= 0.3 is 0 Å². The number of ether oxygens (including phenoxy) is 1. The topological polar surface area (TPSA) is 71.5 Å². The Bertz CT molecular complexity index is 821. The predicted octanol–water partition coefficient (Wildman–Crippen LogP) is 3.00. The number of nitrogens with zero attached hydrogens (tertiary/aromatic N) is 1. The number of hydrogen-bond donors (Lipinski definition) is 2. The molecule has 0 bridgehead atoms. The van der Waals surface area contributed by atoms with Crippen LogP contribution in [0.15, 0.2) is 66.7 Å². The molecule has 122 valence electrons. The molecule has 0 aliphatic heterocycles. The largest absolute Gasteiger partial charge is 0.464 e. The Morgan fingerprint density at radius 3 is 2.58 bits per heavy atom. The maximum Gasteiger partial charge on any atom is 0.265 e. The number of aliphatic hydroxyl groups is 1. The van der Waals surface area contributed by atoms with E-state index in [1.54, 1.807) is 18.2 Å². The summed E-state index contributed by atoms with van der Waals surface area (Å²) in [4.78, 5) is 16.8. The fourth-order valence-electron chi connectivity index (χ4n) is 2.36. The van der Waals surface area contributed by atoms with Crippen LogP contribution in [0.5, 0.6) is 5.88 Å². The molecule has 0 radical (unpaired) electrons. The van der Waals surface area contributed by atoms with Crippen molar-refractivity contribution in [1.82, 2.24) is 4.98 Å². The van der Waals surface area contributed by atoms with Crippen molar-refractivity contribution in [2.75, 3.05) is 11.9 Å². The summed E-state index contributed by atoms with van der Waals surface area (Å²) in [5.74, 6) is 0.0422. The zero-order valence-electron chi connectivity index (χ0n) is 13.1. The zero-order chi connectivity index (χ0) is 16.8. The summed E-state index contributed by atoms with van der Waals surface area (Å²) in [5, 5.41) is 13.0. The number of pyridine rings is 1. The Morgan fingerprint density at radius 2 is 1.79 bits per heavy atom. The van der Waals surface area contributed by atoms with Crippen molar-refractivity contribution in [3.63, 3.8) is 0 Å². The SMILES string of the molecule is O=C(Nc1ccccc1)C(CCO)Oc1ccc2ccccc2n1. The Labute approximate surface area is 139 Å². The minimum absolute atomic E-state index is 0.152. The number of carbonyl (C=O) groups is 1. The van der Waals surface area contributed by atoms with Crippen LogP contribution in [0.1, 0.15) is 6.42 Å². The summed E-state index contributed by atoms with van der Waals surface area (Å²) in [6.45, 7) is -0.152. The maximum atomic E-state index is 12.4. The summed E-state index contributed by atoms with van der Waals surface area (Å²) >= 11 is 0. The molecule has 1 heterocycles. The van der Waals surface area contributed by atoms with E-state index < -0.39 is 6.10 Å². The average molecular weight is 322 g/mol. The second kappa shape index (κ2) is 7.57. The van der Waals surface area contributed by atoms with Gasteiger partial charge in [-0.25, -0.2) is 4.98 Å². The molecule has 1 unspecified atom stereocenters. The van der Waals surface area contributed by atoms with E-state index in [1.807, 2.05) is 48.5 Å². The molecular weight excluding hydrogens is 304 g/mol. The summed E-state index contributed by atoms with van der Waals surface area (Å²) in [6.07, 6.45) is -0.628. The number of aromatic nitrogens is 1. The highest BCUT2D eigenvalue weighted by Crippen LogP contribution is 2.18. The number of aliphatic hydroxyl groups excluding tert-OH is 1. The van der Waals surface area contributed by atoms with Gasteiger partial charge in [-0.1, -0.05) is 36.4 Å². The van der Waals surface area contributed by atoms with Crippen LogP contribution >= 0.6 is 0 Å². The molecule has 0 fully saturated rings. The number of fused-ring (bicyclic) bond motifs is 1. The third-order valence-corrected chi connectivity index (χ3v) is 3.56. The van der Waals surface area contributed by atoms with Crippen molar-refractivity contribution in [2.24, 2.45) is 0 Å². The van der Waals surface area contributed by atoms with Crippen LogP contribution in [-0.2, 0) is 4.79 Å². The van der Waals surface area contributed by atoms with Gasteiger partial charge in [0.2, 0.25) is 5.88 Å². The zero-order valence-corrected chi connectivity index (χ0v) is 13.1. The van der Waals surface area contributed by atoms with E-state index in [-0.39, 0.29) is 18.9 Å². The van der Waals surface area contributed by atoms with Crippen molar-refractivity contribution < 1.29 is 14.6 Å². The van der Waals surface area contributed by atoms with Crippen LogP contribution in [0, 0.1) is 0 Å². The van der Waals surface area contributed by atoms with Gasteiger partial charge in [0.1, 0.15) is 0 Å². The van der Waals surface area contributed by atoms with Crippen LogP contribution in [-0.4, -0.2) is 28.7 Å². The summed E-state index contributed by atoms with van der Waals surface area (Å²) in [5.41, 5.74) is 1.47. The fourth-order valence-corrected chi connectivity index (χ4v) is 2.36. The molecule has 2 N–H and O–H groups in total. The van der Waals surface area contributed by atoms with E-state index >= 15 is 0 Å². The standard InChI is InChI=1S/C19H18N2O3/c22-13-12-17(19(23)20-15-7-2-1-3-8-15)24-18-11-10-14-6-4-5-9-16(14)21-18/h1-11,17,22H,12-13H2,(H,20,23). The summed E-state index contributed by atoms with van der Waals surface area (Å²) in [6, 6.07) is 20.4. The third kappa shape index (κ3) is 3.88. The monoisotopic (exact) mass is 322 g/mol. The Balaban J connectivity index is 1.75. The van der Waals surface area contributed by atoms with E-state index in [0.29, 0.717) is 11.6 Å². The second-order valence-electron chi connectivity index (χ2n) is 5.32. The molecule has 0 spiro atoms. The molecule has 0 saturated carbocycles. The number of amides is 1. The van der Waals surface area contributed by atoms with Gasteiger partial charge in [-0.3, -0.25) is 4.79 Å². The molecule has 2 aromatic carbocycles. The molecule has 3 rings (SSSR count). The molecule has 3 aromatic rings. The second-order valence-corrected chi connectivity index (χ2v) is 5.32. The lowest BCUT2D eigenvalue weighted by molar-refractivity contribution is -0.123. The lowest BCUT2D eigenvalue weighted by Gasteiger charge is -2.17. The molecule has 5 heteroatoms. The van der Waals surface area contributed by atoms with Crippen LogP contribution < -0.4 is 10.1 Å². The predicted molar refractivity (Wildman–Crippen MR) is 92.9 cm³/mol. The van der Waals surface area contributed by atoms with Gasteiger partial charge < -0.3 is 15.2 Å². The highest BCUT2D eigenvalue weighted by molar-refractivity contribution is 5.94. The molecule has 1 aromatic heterocycles. The van der Waals surface area contributed by atoms with Crippen molar-refractivity contribution in [3.8, 4) is 5.88 Å². The van der Waals surface area contributed by atoms with Gasteiger partial charge in [0.05, 0.1) is 5.52 Å². The first-order valence-corrected chi connectivity index (χ1v) is 7.75. The number of rotatable bonds is 6. The van der Waals surface area contributed by atoms with Gasteiger partial charge in [-0.15, -0.1) is 0 Å². The number of carbonyl (C=O) groups excluding carboxylic acids is 1. The minimum Gasteiger partial charge on any atom is -0.464 e. The van der Waals surface area contributed by atoms with E-state index in [4.69, 9.17) is 4.74 Å². The molecule has 1 atom stereocenters. The van der Waals surface area contributed by atoms with E-state index in [9.17, 15) is 9.90 Å². The highest BCUT2D eigenvalue weighted by atomic mass is 16.5. The normalized spacial score (nSPS) is 11.9. The number of para-hydroxylation sites is 2. The highest BCUT2D eigenvalue weighted by Gasteiger charge is 2.20. The Kier molecular flexibility index (Phi) is 5.03. The van der Waals surface area contributed by atoms with E-state index in [1.165, 1.54) is 0 Å². The molecular formula is C19H18N2O3. The van der Waals surface area contributed by atoms with Gasteiger partial charge in [0.15, 0.2) is 6.10 Å². The molecule has 1 amide bonds. The molecule has 0 aliphatic carbocycles. The summed E-state index contributed by atoms with van der Waals surface area (Å²) < 4.78 is 5.71. The van der Waals surface area contributed by atoms with Gasteiger partial charge in [0.25, 0.3) is 5.91 Å². The van der Waals surface area contributed by atoms with Crippen LogP contribution in [0.3, 0.4) is 0 Å². The Hall–Kier alpha value is -2.92. The summed E-state index contributed by atoms with van der Waals surface area (Å²) in [7, 11) is 0. The van der Waals surface area contributed by atoms with Crippen LogP contribution in [0.25, 0.3) is 10.9 Å². The fraction of sp³-hybridized carbons (Fsp3) is 0.158. The van der Waals surface area contributed by atoms with Gasteiger partial charge in [-0.2, -0.15) is 0 Å². The van der Waals surface area contributed by atoms with Crippen molar-refractivity contribution in [2.45, 2.75) is 12.5 Å². The van der Waals surface area contributed by atoms with Crippen LogP contribution in [0.4, 0.5) is 5.69 Å². The first kappa shape index (κ1) is 16.0. The van der Waals surface area contributed by atoms with E-state index in [0.717, 1.165) is 10.9 Å². The number of anilines is 1. The van der Waals surface area contributed by atoms with Gasteiger partial charge in [0, 0.05) is 30.2 Å². The third-order valence-electron chi connectivity index (χ3n) is 3.56. The number of benzene rings is 2. The van der Waals surface area contributed by atoms with Crippen molar-refractivity contribution in [3.05, 3.63) is 66.7 Å².